The molecule has 12 heteroatoms. The first-order valence-electron chi connectivity index (χ1n) is 17.6. The van der Waals surface area contributed by atoms with Gasteiger partial charge in [0.2, 0.25) is 5.82 Å². The summed E-state index contributed by atoms with van der Waals surface area (Å²) in [4.78, 5) is 31.3. The summed E-state index contributed by atoms with van der Waals surface area (Å²) in [6.07, 6.45) is 4.99. The standard InChI is InChI=1S/C39H48N8O3S/c1-9-38(4,5)27-13-17-31(30(23-27)39(6,7)10-2)50-25(3)36(48)42-28-14-11-26(12-15-28)34-43-35-33(37(51-8)45-47(35)44-34)41-29-16-18-32(40-24-29)46-19-21-49-22-20-46/h11-18,23-25H,9-10,19-22H2,1-8H3,(H,42,48)/b41-33+. The Morgan fingerprint density at radius 1 is 1.02 bits per heavy atom. The van der Waals surface area contributed by atoms with Crippen molar-refractivity contribution < 1.29 is 14.3 Å². The summed E-state index contributed by atoms with van der Waals surface area (Å²) in [6, 6.07) is 17.8. The van der Waals surface area contributed by atoms with Gasteiger partial charge >= 0.3 is 0 Å². The van der Waals surface area contributed by atoms with E-state index >= 15 is 0 Å². The van der Waals surface area contributed by atoms with Gasteiger partial charge in [-0.25, -0.2) is 15.0 Å². The van der Waals surface area contributed by atoms with Crippen LogP contribution in [-0.4, -0.2) is 75.2 Å². The van der Waals surface area contributed by atoms with Crippen LogP contribution >= 0.6 is 11.8 Å². The van der Waals surface area contributed by atoms with Crippen LogP contribution in [-0.2, 0) is 20.4 Å². The number of pyridine rings is 1. The van der Waals surface area contributed by atoms with Crippen LogP contribution in [0.2, 0.25) is 0 Å². The molecule has 1 unspecified atom stereocenters. The molecular formula is C39H48N8O3S. The predicted molar refractivity (Wildman–Crippen MR) is 207 cm³/mol. The third kappa shape index (κ3) is 7.86. The van der Waals surface area contributed by atoms with Crippen LogP contribution in [0.1, 0.15) is 78.3 Å². The zero-order valence-corrected chi connectivity index (χ0v) is 31.7. The van der Waals surface area contributed by atoms with Crippen LogP contribution in [0.25, 0.3) is 11.4 Å². The molecule has 1 amide bonds. The highest BCUT2D eigenvalue weighted by Gasteiger charge is 2.29. The lowest BCUT2D eigenvalue weighted by Gasteiger charge is -2.31. The third-order valence-corrected chi connectivity index (χ3v) is 10.7. The van der Waals surface area contributed by atoms with E-state index in [2.05, 4.69) is 79.1 Å². The van der Waals surface area contributed by atoms with Crippen molar-refractivity contribution in [2.45, 2.75) is 78.2 Å². The number of rotatable bonds is 11. The Morgan fingerprint density at radius 2 is 1.75 bits per heavy atom. The summed E-state index contributed by atoms with van der Waals surface area (Å²) >= 11 is 1.49. The van der Waals surface area contributed by atoms with Crippen molar-refractivity contribution in [3.8, 4) is 17.1 Å². The van der Waals surface area contributed by atoms with Gasteiger partial charge in [-0.1, -0.05) is 53.7 Å². The molecule has 2 aliphatic rings. The van der Waals surface area contributed by atoms with Gasteiger partial charge in [0.15, 0.2) is 11.9 Å². The first-order valence-corrected chi connectivity index (χ1v) is 18.9. The molecule has 1 fully saturated rings. The quantitative estimate of drug-likeness (QED) is 0.169. The summed E-state index contributed by atoms with van der Waals surface area (Å²) in [5.74, 6) is 2.49. The van der Waals surface area contributed by atoms with Crippen LogP contribution in [0.3, 0.4) is 0 Å². The Hall–Kier alpha value is -4.55. The number of anilines is 2. The topological polar surface area (TPSA) is 119 Å². The van der Waals surface area contributed by atoms with Gasteiger partial charge in [0.05, 0.1) is 25.1 Å². The normalized spacial score (nSPS) is 16.2. The van der Waals surface area contributed by atoms with E-state index in [0.717, 1.165) is 53.7 Å². The molecule has 4 aromatic rings. The second-order valence-electron chi connectivity index (χ2n) is 14.2. The number of hydrogen-bond donors (Lipinski definition) is 1. The van der Waals surface area contributed by atoms with E-state index < -0.39 is 6.10 Å². The van der Waals surface area contributed by atoms with E-state index in [0.29, 0.717) is 41.9 Å². The number of ether oxygens (including phenoxy) is 2. The highest BCUT2D eigenvalue weighted by molar-refractivity contribution is 8.15. The van der Waals surface area contributed by atoms with Crippen molar-refractivity contribution >= 4 is 45.6 Å². The number of morpholine rings is 1. The number of fused-ring (bicyclic) bond motifs is 1. The highest BCUT2D eigenvalue weighted by atomic mass is 32.2. The molecule has 0 saturated carbocycles. The van der Waals surface area contributed by atoms with E-state index in [-0.39, 0.29) is 16.7 Å². The number of thioether (sulfide) groups is 1. The highest BCUT2D eigenvalue weighted by Crippen LogP contribution is 2.39. The monoisotopic (exact) mass is 708 g/mol. The molecule has 51 heavy (non-hydrogen) atoms. The molecule has 2 aromatic carbocycles. The molecule has 2 aliphatic heterocycles. The summed E-state index contributed by atoms with van der Waals surface area (Å²) in [6.45, 7) is 18.2. The van der Waals surface area contributed by atoms with Crippen molar-refractivity contribution in [1.82, 2.24) is 19.9 Å². The SMILES string of the molecule is CCC(C)(C)c1ccc(OC(C)C(=O)Nc2ccc(-c3nc4n(n3)N=C(SC)/C4=N/c3ccc(N4CCOCC4)nc3)cc2)c(C(C)(C)CC)c1. The largest absolute Gasteiger partial charge is 0.481 e. The lowest BCUT2D eigenvalue weighted by Crippen LogP contribution is -2.36. The van der Waals surface area contributed by atoms with E-state index in [1.165, 1.54) is 22.1 Å². The zero-order valence-electron chi connectivity index (χ0n) is 30.9. The van der Waals surface area contributed by atoms with Gasteiger partial charge in [-0.2, -0.15) is 0 Å². The first-order chi connectivity index (χ1) is 24.4. The number of hydrogen-bond acceptors (Lipinski definition) is 10. The van der Waals surface area contributed by atoms with Crippen molar-refractivity contribution in [2.24, 2.45) is 10.1 Å². The Balaban J connectivity index is 1.14. The van der Waals surface area contributed by atoms with E-state index in [9.17, 15) is 4.79 Å². The average Bonchev–Trinajstić information content (AvgIpc) is 3.71. The van der Waals surface area contributed by atoms with Gasteiger partial charge in [0, 0.05) is 29.9 Å². The number of amides is 1. The number of carbonyl (C=O) groups is 1. The molecule has 1 N–H and O–H groups in total. The maximum absolute atomic E-state index is 13.3. The minimum Gasteiger partial charge on any atom is -0.481 e. The Bertz CT molecular complexity index is 1930. The molecule has 0 aliphatic carbocycles. The lowest BCUT2D eigenvalue weighted by atomic mass is 9.76. The van der Waals surface area contributed by atoms with Gasteiger partial charge in [-0.3, -0.25) is 4.79 Å². The molecule has 0 radical (unpaired) electrons. The number of aromatic nitrogens is 4. The maximum Gasteiger partial charge on any atom is 0.265 e. The molecule has 11 nitrogen and oxygen atoms in total. The number of aliphatic imine (C=N–C) groups is 1. The minimum absolute atomic E-state index is 0.0488. The second-order valence-corrected chi connectivity index (χ2v) is 15.0. The van der Waals surface area contributed by atoms with Gasteiger partial charge in [-0.15, -0.1) is 26.8 Å². The third-order valence-electron chi connectivity index (χ3n) is 10.0. The van der Waals surface area contributed by atoms with Gasteiger partial charge in [0.1, 0.15) is 22.3 Å². The molecule has 4 heterocycles. The average molecular weight is 709 g/mol. The summed E-state index contributed by atoms with van der Waals surface area (Å²) in [5.41, 5.74) is 5.13. The smallest absolute Gasteiger partial charge is 0.265 e. The summed E-state index contributed by atoms with van der Waals surface area (Å²) < 4.78 is 11.8. The number of nitrogens with one attached hydrogen (secondary N) is 1. The molecule has 6 rings (SSSR count). The fourth-order valence-corrected chi connectivity index (χ4v) is 6.32. The molecule has 2 aromatic heterocycles. The van der Waals surface area contributed by atoms with Crippen molar-refractivity contribution in [2.75, 3.05) is 42.8 Å². The predicted octanol–water partition coefficient (Wildman–Crippen LogP) is 7.62. The molecule has 0 bridgehead atoms. The first kappa shape index (κ1) is 36.2. The summed E-state index contributed by atoms with van der Waals surface area (Å²) in [5, 5.41) is 13.0. The van der Waals surface area contributed by atoms with Crippen LogP contribution in [0.5, 0.6) is 5.75 Å². The van der Waals surface area contributed by atoms with Crippen LogP contribution < -0.4 is 15.0 Å². The molecule has 0 spiro atoms. The Labute approximate surface area is 305 Å². The Kier molecular flexibility index (Phi) is 10.6. The minimum atomic E-state index is -0.703. The summed E-state index contributed by atoms with van der Waals surface area (Å²) in [7, 11) is 0. The van der Waals surface area contributed by atoms with Gasteiger partial charge < -0.3 is 19.7 Å². The van der Waals surface area contributed by atoms with Crippen LogP contribution in [0.15, 0.2) is 70.9 Å². The van der Waals surface area contributed by atoms with Crippen molar-refractivity contribution in [3.05, 3.63) is 77.7 Å². The van der Waals surface area contributed by atoms with Crippen LogP contribution in [0, 0.1) is 0 Å². The maximum atomic E-state index is 13.3. The van der Waals surface area contributed by atoms with Gasteiger partial charge in [0.25, 0.3) is 5.91 Å². The number of nitrogens with zero attached hydrogens (tertiary/aromatic N) is 7. The van der Waals surface area contributed by atoms with E-state index in [4.69, 9.17) is 19.5 Å². The van der Waals surface area contributed by atoms with E-state index in [1.807, 2.05) is 48.7 Å². The van der Waals surface area contributed by atoms with Crippen LogP contribution in [0.4, 0.5) is 17.2 Å². The van der Waals surface area contributed by atoms with E-state index in [1.54, 1.807) is 13.1 Å². The van der Waals surface area contributed by atoms with Crippen molar-refractivity contribution in [1.29, 1.82) is 0 Å². The fraction of sp³-hybridized carbons (Fsp3) is 0.436. The zero-order chi connectivity index (χ0) is 36.3. The molecular weight excluding hydrogens is 661 g/mol. The fourth-order valence-electron chi connectivity index (χ4n) is 5.83. The molecule has 1 saturated heterocycles. The molecule has 268 valence electrons. The second kappa shape index (κ2) is 15.0. The Morgan fingerprint density at radius 3 is 2.39 bits per heavy atom. The molecule has 1 atom stereocenters. The number of carbonyl (C=O) groups excluding carboxylic acids is 1. The number of benzene rings is 2. The van der Waals surface area contributed by atoms with Gasteiger partial charge in [-0.05, 0) is 84.9 Å². The van der Waals surface area contributed by atoms with Crippen molar-refractivity contribution in [3.63, 3.8) is 0 Å². The lowest BCUT2D eigenvalue weighted by molar-refractivity contribution is -0.122.